The van der Waals surface area contributed by atoms with Crippen molar-refractivity contribution < 1.29 is 19.8 Å². The van der Waals surface area contributed by atoms with E-state index in [2.05, 4.69) is 46.2 Å². The fourth-order valence-electron chi connectivity index (χ4n) is 6.34. The topological polar surface area (TPSA) is 76.9 Å². The zero-order chi connectivity index (χ0) is 22.0. The van der Waals surface area contributed by atoms with Crippen molar-refractivity contribution in [2.45, 2.75) is 82.7 Å². The van der Waals surface area contributed by atoms with E-state index in [9.17, 15) is 9.59 Å². The van der Waals surface area contributed by atoms with Crippen LogP contribution < -0.4 is 15.5 Å². The van der Waals surface area contributed by atoms with Crippen LogP contribution in [0.15, 0.2) is 0 Å². The normalized spacial score (nSPS) is 35.7. The van der Waals surface area contributed by atoms with Crippen LogP contribution in [0.2, 0.25) is 0 Å². The number of piperidine rings is 1. The Morgan fingerprint density at radius 2 is 1.94 bits per heavy atom. The number of rotatable bonds is 5. The Labute approximate surface area is 187 Å². The maximum atomic E-state index is 12.9. The first kappa shape index (κ1) is 23.0. The van der Waals surface area contributed by atoms with Gasteiger partial charge < -0.3 is 20.4 Å². The Hall–Kier alpha value is -1.22. The number of hydrogen-bond donors (Lipinski definition) is 3. The van der Waals surface area contributed by atoms with Gasteiger partial charge in [-0.1, -0.05) is 0 Å². The second-order valence-electron chi connectivity index (χ2n) is 10.4. The molecule has 2 amide bonds. The molecule has 0 aromatic carbocycles. The van der Waals surface area contributed by atoms with Gasteiger partial charge in [0.15, 0.2) is 0 Å². The van der Waals surface area contributed by atoms with Crippen molar-refractivity contribution in [3.63, 3.8) is 0 Å². The second-order valence-corrected chi connectivity index (χ2v) is 10.4. The van der Waals surface area contributed by atoms with Crippen LogP contribution in [0.5, 0.6) is 0 Å². The van der Waals surface area contributed by atoms with Crippen molar-refractivity contribution in [2.75, 3.05) is 52.9 Å². The van der Waals surface area contributed by atoms with E-state index < -0.39 is 0 Å². The van der Waals surface area contributed by atoms with Crippen molar-refractivity contribution in [1.29, 1.82) is 0 Å². The van der Waals surface area contributed by atoms with Crippen molar-refractivity contribution in [2.24, 2.45) is 0 Å². The number of carbonyl (C=O) groups is 2. The fraction of sp³-hybridized carbons (Fsp3) is 0.913. The van der Waals surface area contributed by atoms with Gasteiger partial charge in [-0.25, -0.2) is 0 Å². The van der Waals surface area contributed by atoms with Crippen LogP contribution in [0.1, 0.15) is 52.4 Å². The van der Waals surface area contributed by atoms with Crippen LogP contribution in [0.4, 0.5) is 0 Å². The first-order valence-electron chi connectivity index (χ1n) is 12.7. The third-order valence-electron chi connectivity index (χ3n) is 8.36. The number of nitrogens with two attached hydrogens (primary N) is 1. The summed E-state index contributed by atoms with van der Waals surface area (Å²) < 4.78 is 0. The number of piperazine rings is 1. The fourth-order valence-corrected chi connectivity index (χ4v) is 6.34. The minimum Gasteiger partial charge on any atom is -0.349 e. The molecule has 0 aromatic heterocycles. The summed E-state index contributed by atoms with van der Waals surface area (Å²) in [5, 5.41) is 5.67. The quantitative estimate of drug-likeness (QED) is 0.459. The SMILES string of the molecule is CC(C)N1CC[C@H]2[C@H]1C(=O)NC[C@H](CCC(=O)N1CCN(C3CCCC[NH2+]3)CC1)[NH+]2C. The highest BCUT2D eigenvalue weighted by atomic mass is 16.2. The molecule has 4 saturated heterocycles. The lowest BCUT2D eigenvalue weighted by Crippen LogP contribution is -3.18. The molecule has 4 fully saturated rings. The molecular formula is C23H44N6O2+2. The average molecular weight is 437 g/mol. The van der Waals surface area contributed by atoms with Crippen LogP contribution in [0, 0.1) is 0 Å². The Morgan fingerprint density at radius 1 is 1.16 bits per heavy atom. The van der Waals surface area contributed by atoms with E-state index in [1.807, 2.05) is 0 Å². The zero-order valence-corrected chi connectivity index (χ0v) is 19.8. The van der Waals surface area contributed by atoms with Gasteiger partial charge in [-0.15, -0.1) is 0 Å². The number of amides is 2. The van der Waals surface area contributed by atoms with Crippen molar-refractivity contribution in [3.05, 3.63) is 0 Å². The highest BCUT2D eigenvalue weighted by molar-refractivity contribution is 5.83. The lowest BCUT2D eigenvalue weighted by Gasteiger charge is -2.39. The van der Waals surface area contributed by atoms with E-state index in [1.165, 1.54) is 30.7 Å². The van der Waals surface area contributed by atoms with Gasteiger partial charge in [0.2, 0.25) is 11.8 Å². The van der Waals surface area contributed by atoms with E-state index in [4.69, 9.17) is 0 Å². The molecule has 4 aliphatic rings. The number of fused-ring (bicyclic) bond motifs is 1. The Kier molecular flexibility index (Phi) is 7.52. The molecule has 176 valence electrons. The van der Waals surface area contributed by atoms with E-state index in [0.29, 0.717) is 43.2 Å². The van der Waals surface area contributed by atoms with Crippen molar-refractivity contribution in [1.82, 2.24) is 20.0 Å². The molecule has 4 aliphatic heterocycles. The Balaban J connectivity index is 1.26. The molecule has 4 rings (SSSR count). The molecule has 0 aliphatic carbocycles. The molecule has 0 bridgehead atoms. The molecule has 4 N–H and O–H groups in total. The molecule has 8 nitrogen and oxygen atoms in total. The largest absolute Gasteiger partial charge is 0.349 e. The molecular weight excluding hydrogens is 392 g/mol. The maximum absolute atomic E-state index is 12.9. The number of nitrogens with zero attached hydrogens (tertiary/aromatic N) is 3. The predicted molar refractivity (Wildman–Crippen MR) is 120 cm³/mol. The number of likely N-dealkylation sites (N-methyl/N-ethyl adjacent to an activating group) is 1. The first-order valence-corrected chi connectivity index (χ1v) is 12.7. The van der Waals surface area contributed by atoms with Crippen LogP contribution >= 0.6 is 0 Å². The van der Waals surface area contributed by atoms with Gasteiger partial charge in [0.1, 0.15) is 24.3 Å². The van der Waals surface area contributed by atoms with Crippen LogP contribution in [0.25, 0.3) is 0 Å². The summed E-state index contributed by atoms with van der Waals surface area (Å²) in [7, 11) is 2.23. The number of likely N-dealkylation sites (tertiary alicyclic amines) is 1. The van der Waals surface area contributed by atoms with Gasteiger partial charge in [-0.2, -0.15) is 0 Å². The van der Waals surface area contributed by atoms with Gasteiger partial charge >= 0.3 is 0 Å². The minimum atomic E-state index is -0.0228. The predicted octanol–water partition coefficient (Wildman–Crippen LogP) is -2.15. The smallest absolute Gasteiger partial charge is 0.243 e. The lowest BCUT2D eigenvalue weighted by molar-refractivity contribution is -0.928. The van der Waals surface area contributed by atoms with Crippen LogP contribution in [-0.4, -0.2) is 110 Å². The van der Waals surface area contributed by atoms with Gasteiger partial charge in [0, 0.05) is 64.4 Å². The molecule has 0 saturated carbocycles. The molecule has 31 heavy (non-hydrogen) atoms. The number of nitrogens with one attached hydrogen (secondary N) is 2. The van der Waals surface area contributed by atoms with E-state index in [1.54, 1.807) is 0 Å². The molecule has 0 spiro atoms. The van der Waals surface area contributed by atoms with Gasteiger partial charge in [0.25, 0.3) is 0 Å². The van der Waals surface area contributed by atoms with Gasteiger partial charge in [-0.3, -0.25) is 19.4 Å². The highest BCUT2D eigenvalue weighted by Gasteiger charge is 2.48. The van der Waals surface area contributed by atoms with E-state index >= 15 is 0 Å². The summed E-state index contributed by atoms with van der Waals surface area (Å²) in [4.78, 5) is 34.2. The number of carbonyl (C=O) groups excluding carboxylic acids is 2. The van der Waals surface area contributed by atoms with Crippen molar-refractivity contribution >= 4 is 11.8 Å². The maximum Gasteiger partial charge on any atom is 0.243 e. The Bertz CT molecular complexity index is 630. The average Bonchev–Trinajstić information content (AvgIpc) is 3.20. The van der Waals surface area contributed by atoms with E-state index in [-0.39, 0.29) is 11.9 Å². The lowest BCUT2D eigenvalue weighted by atomic mass is 10.0. The van der Waals surface area contributed by atoms with E-state index in [0.717, 1.165) is 45.6 Å². The summed E-state index contributed by atoms with van der Waals surface area (Å²) in [6.07, 6.45) is 7.10. The summed E-state index contributed by atoms with van der Waals surface area (Å²) in [5.41, 5.74) is 0. The van der Waals surface area contributed by atoms with Gasteiger partial charge in [0.05, 0.1) is 20.1 Å². The second kappa shape index (κ2) is 10.1. The zero-order valence-electron chi connectivity index (χ0n) is 19.8. The summed E-state index contributed by atoms with van der Waals surface area (Å²) in [6, 6.07) is 1.01. The molecule has 2 unspecified atom stereocenters. The minimum absolute atomic E-state index is 0.0228. The molecule has 5 atom stereocenters. The monoisotopic (exact) mass is 436 g/mol. The third-order valence-corrected chi connectivity index (χ3v) is 8.36. The molecule has 0 aromatic rings. The molecule has 8 heteroatoms. The third kappa shape index (κ3) is 5.07. The summed E-state index contributed by atoms with van der Waals surface area (Å²) in [5.74, 6) is 0.474. The molecule has 0 radical (unpaired) electrons. The van der Waals surface area contributed by atoms with Crippen LogP contribution in [0.3, 0.4) is 0 Å². The molecule has 4 heterocycles. The number of hydrogen-bond acceptors (Lipinski definition) is 4. The summed E-state index contributed by atoms with van der Waals surface area (Å²) >= 11 is 0. The number of quaternary nitrogens is 2. The van der Waals surface area contributed by atoms with Gasteiger partial charge in [-0.05, 0) is 26.7 Å². The first-order chi connectivity index (χ1) is 15.0. The highest BCUT2D eigenvalue weighted by Crippen LogP contribution is 2.21. The summed E-state index contributed by atoms with van der Waals surface area (Å²) in [6.45, 7) is 11.0. The van der Waals surface area contributed by atoms with Crippen LogP contribution in [-0.2, 0) is 9.59 Å². The Morgan fingerprint density at radius 3 is 2.61 bits per heavy atom. The van der Waals surface area contributed by atoms with Crippen molar-refractivity contribution in [3.8, 4) is 0 Å². The standard InChI is InChI=1S/C23H42N6O2/c1-17(2)29-11-9-19-22(29)23(31)25-16-18(26(19)3)7-8-21(30)28-14-12-27(13-15-28)20-6-4-5-10-24-20/h17-20,22,24H,4-16H2,1-3H3,(H,25,31)/p+2/t18-,19-,20?,22-/m0/s1.